The molecule has 1 aromatic heterocycles. The minimum absolute atomic E-state index is 0.144. The van der Waals surface area contributed by atoms with E-state index in [4.69, 9.17) is 9.47 Å². The molecular formula is C32H31N5O4. The van der Waals surface area contributed by atoms with Crippen molar-refractivity contribution in [3.63, 3.8) is 0 Å². The number of para-hydroxylation sites is 1. The molecule has 0 aliphatic rings. The second kappa shape index (κ2) is 12.3. The first-order valence-electron chi connectivity index (χ1n) is 13.2. The van der Waals surface area contributed by atoms with Gasteiger partial charge in [-0.3, -0.25) is 14.5 Å². The average Bonchev–Trinajstić information content (AvgIpc) is 3.41. The number of hydrogen-bond donors (Lipinski definition) is 1. The minimum Gasteiger partial charge on any atom is -0.497 e. The zero-order valence-corrected chi connectivity index (χ0v) is 23.2. The Balaban J connectivity index is 1.62. The summed E-state index contributed by atoms with van der Waals surface area (Å²) >= 11 is 0. The second-order valence-electron chi connectivity index (χ2n) is 9.53. The van der Waals surface area contributed by atoms with Crippen molar-refractivity contribution < 1.29 is 19.1 Å². The molecule has 1 unspecified atom stereocenters. The molecule has 1 atom stereocenters. The lowest BCUT2D eigenvalue weighted by molar-refractivity contribution is -0.127. The average molecular weight is 550 g/mol. The summed E-state index contributed by atoms with van der Waals surface area (Å²) in [5.74, 6) is 0.272. The molecule has 5 rings (SSSR count). The van der Waals surface area contributed by atoms with Crippen molar-refractivity contribution in [2.75, 3.05) is 19.1 Å². The van der Waals surface area contributed by atoms with Crippen LogP contribution >= 0.6 is 0 Å². The smallest absolute Gasteiger partial charge is 0.249 e. The van der Waals surface area contributed by atoms with Gasteiger partial charge in [0.1, 0.15) is 29.6 Å². The van der Waals surface area contributed by atoms with Crippen LogP contribution in [0.3, 0.4) is 0 Å². The van der Waals surface area contributed by atoms with Gasteiger partial charge < -0.3 is 14.8 Å². The molecule has 0 bridgehead atoms. The van der Waals surface area contributed by atoms with E-state index in [1.54, 1.807) is 22.9 Å². The van der Waals surface area contributed by atoms with Crippen LogP contribution in [-0.2, 0) is 22.7 Å². The van der Waals surface area contributed by atoms with Crippen molar-refractivity contribution >= 4 is 28.5 Å². The van der Waals surface area contributed by atoms with Crippen molar-refractivity contribution in [2.24, 2.45) is 0 Å². The maximum absolute atomic E-state index is 14.3. The Bertz CT molecular complexity index is 1650. The second-order valence-corrected chi connectivity index (χ2v) is 9.53. The third-order valence-corrected chi connectivity index (χ3v) is 6.89. The lowest BCUT2D eigenvalue weighted by Crippen LogP contribution is -2.45. The molecule has 208 valence electrons. The highest BCUT2D eigenvalue weighted by Gasteiger charge is 2.34. The van der Waals surface area contributed by atoms with Gasteiger partial charge in [0.2, 0.25) is 11.8 Å². The Morgan fingerprint density at radius 1 is 0.878 bits per heavy atom. The van der Waals surface area contributed by atoms with Gasteiger partial charge in [-0.2, -0.15) is 0 Å². The highest BCUT2D eigenvalue weighted by atomic mass is 16.5. The summed E-state index contributed by atoms with van der Waals surface area (Å²) in [6.07, 6.45) is 0. The topological polar surface area (TPSA) is 98.6 Å². The number of benzene rings is 4. The Morgan fingerprint density at radius 3 is 2.24 bits per heavy atom. The van der Waals surface area contributed by atoms with E-state index in [2.05, 4.69) is 15.6 Å². The van der Waals surface area contributed by atoms with Crippen molar-refractivity contribution in [1.29, 1.82) is 0 Å². The monoisotopic (exact) mass is 549 g/mol. The molecule has 9 heteroatoms. The molecule has 2 amide bonds. The number of ether oxygens (including phenoxy) is 2. The van der Waals surface area contributed by atoms with Gasteiger partial charge in [0.15, 0.2) is 0 Å². The van der Waals surface area contributed by atoms with Crippen LogP contribution in [0, 0.1) is 6.92 Å². The SMILES string of the molecule is COc1cc(OC)cc(N(C(=O)Cn2nnc3ccccc32)C(C(=O)NCc2ccccc2)c2ccccc2C)c1. The van der Waals surface area contributed by atoms with Gasteiger partial charge in [-0.15, -0.1) is 5.10 Å². The van der Waals surface area contributed by atoms with Crippen LogP contribution in [0.5, 0.6) is 11.5 Å². The first-order chi connectivity index (χ1) is 20.0. The van der Waals surface area contributed by atoms with E-state index in [1.807, 2.05) is 85.8 Å². The summed E-state index contributed by atoms with van der Waals surface area (Å²) in [5, 5.41) is 11.5. The Kier molecular flexibility index (Phi) is 8.24. The summed E-state index contributed by atoms with van der Waals surface area (Å²) in [6, 6.07) is 28.8. The highest BCUT2D eigenvalue weighted by Crippen LogP contribution is 2.35. The minimum atomic E-state index is -1.00. The molecule has 0 saturated carbocycles. The molecule has 0 saturated heterocycles. The van der Waals surface area contributed by atoms with Gasteiger partial charge in [0.25, 0.3) is 0 Å². The number of methoxy groups -OCH3 is 2. The Hall–Kier alpha value is -5.18. The van der Waals surface area contributed by atoms with Crippen molar-refractivity contribution in [1.82, 2.24) is 20.3 Å². The number of nitrogens with one attached hydrogen (secondary N) is 1. The van der Waals surface area contributed by atoms with Crippen LogP contribution < -0.4 is 19.7 Å². The molecular weight excluding hydrogens is 518 g/mol. The Morgan fingerprint density at radius 2 is 1.54 bits per heavy atom. The number of nitrogens with zero attached hydrogens (tertiary/aromatic N) is 4. The van der Waals surface area contributed by atoms with E-state index in [0.717, 1.165) is 11.1 Å². The zero-order valence-electron chi connectivity index (χ0n) is 23.2. The van der Waals surface area contributed by atoms with Crippen LogP contribution in [0.4, 0.5) is 5.69 Å². The standard InChI is InChI=1S/C32H31N5O4/c1-22-11-7-8-14-27(22)31(32(39)33-20-23-12-5-4-6-13-23)37(24-17-25(40-2)19-26(18-24)41-3)30(38)21-36-29-16-10-9-15-28(29)34-35-36/h4-19,31H,20-21H2,1-3H3,(H,33,39). The maximum Gasteiger partial charge on any atom is 0.249 e. The lowest BCUT2D eigenvalue weighted by Gasteiger charge is -2.32. The normalized spacial score (nSPS) is 11.6. The summed E-state index contributed by atoms with van der Waals surface area (Å²) in [4.78, 5) is 29.9. The molecule has 1 N–H and O–H groups in total. The lowest BCUT2D eigenvalue weighted by atomic mass is 9.98. The van der Waals surface area contributed by atoms with Crippen LogP contribution in [0.25, 0.3) is 11.0 Å². The number of aromatic nitrogens is 3. The fourth-order valence-electron chi connectivity index (χ4n) is 4.78. The van der Waals surface area contributed by atoms with Gasteiger partial charge >= 0.3 is 0 Å². The summed E-state index contributed by atoms with van der Waals surface area (Å²) in [7, 11) is 3.08. The fraction of sp³-hybridized carbons (Fsp3) is 0.188. The molecule has 1 heterocycles. The first kappa shape index (κ1) is 27.4. The third-order valence-electron chi connectivity index (χ3n) is 6.89. The molecule has 41 heavy (non-hydrogen) atoms. The molecule has 4 aromatic carbocycles. The first-order valence-corrected chi connectivity index (χ1v) is 13.2. The van der Waals surface area contributed by atoms with Crippen LogP contribution in [0.1, 0.15) is 22.7 Å². The van der Waals surface area contributed by atoms with Crippen LogP contribution in [0.15, 0.2) is 97.1 Å². The number of anilines is 1. The van der Waals surface area contributed by atoms with Gasteiger partial charge in [-0.1, -0.05) is 71.9 Å². The zero-order chi connectivity index (χ0) is 28.8. The van der Waals surface area contributed by atoms with E-state index in [0.29, 0.717) is 40.3 Å². The number of amides is 2. The van der Waals surface area contributed by atoms with E-state index < -0.39 is 6.04 Å². The van der Waals surface area contributed by atoms with Crippen LogP contribution in [-0.4, -0.2) is 41.0 Å². The predicted molar refractivity (Wildman–Crippen MR) is 157 cm³/mol. The molecule has 5 aromatic rings. The van der Waals surface area contributed by atoms with Gasteiger partial charge in [0, 0.05) is 24.7 Å². The van der Waals surface area contributed by atoms with Gasteiger partial charge in [-0.25, -0.2) is 4.68 Å². The van der Waals surface area contributed by atoms with Crippen molar-refractivity contribution in [2.45, 2.75) is 26.1 Å². The summed E-state index contributed by atoms with van der Waals surface area (Å²) in [5.41, 5.74) is 4.33. The largest absolute Gasteiger partial charge is 0.497 e. The van der Waals surface area contributed by atoms with Gasteiger partial charge in [-0.05, 0) is 35.7 Å². The molecule has 0 radical (unpaired) electrons. The highest BCUT2D eigenvalue weighted by molar-refractivity contribution is 6.02. The number of carbonyl (C=O) groups is 2. The van der Waals surface area contributed by atoms with E-state index in [9.17, 15) is 9.59 Å². The molecule has 9 nitrogen and oxygen atoms in total. The Labute approximate surface area is 238 Å². The predicted octanol–water partition coefficient (Wildman–Crippen LogP) is 4.85. The maximum atomic E-state index is 14.3. The van der Waals surface area contributed by atoms with Crippen molar-refractivity contribution in [3.05, 3.63) is 114 Å². The molecule has 0 spiro atoms. The molecule has 0 aliphatic carbocycles. The molecule has 0 fully saturated rings. The van der Waals surface area contributed by atoms with E-state index in [-0.39, 0.29) is 18.4 Å². The summed E-state index contributed by atoms with van der Waals surface area (Å²) < 4.78 is 12.6. The number of carbonyl (C=O) groups excluding carboxylic acids is 2. The number of hydrogen-bond acceptors (Lipinski definition) is 6. The fourth-order valence-corrected chi connectivity index (χ4v) is 4.78. The summed E-state index contributed by atoms with van der Waals surface area (Å²) in [6.45, 7) is 2.08. The number of rotatable bonds is 10. The van der Waals surface area contributed by atoms with Gasteiger partial charge in [0.05, 0.1) is 25.4 Å². The van der Waals surface area contributed by atoms with E-state index >= 15 is 0 Å². The number of fused-ring (bicyclic) bond motifs is 1. The number of aryl methyl sites for hydroxylation is 1. The quantitative estimate of drug-likeness (QED) is 0.268. The van der Waals surface area contributed by atoms with Crippen molar-refractivity contribution in [3.8, 4) is 11.5 Å². The van der Waals surface area contributed by atoms with Crippen LogP contribution in [0.2, 0.25) is 0 Å². The van der Waals surface area contributed by atoms with E-state index in [1.165, 1.54) is 19.1 Å². The third kappa shape index (κ3) is 6.04. The molecule has 0 aliphatic heterocycles.